The van der Waals surface area contributed by atoms with E-state index in [4.69, 9.17) is 22.1 Å². The van der Waals surface area contributed by atoms with E-state index < -0.39 is 0 Å². The van der Waals surface area contributed by atoms with Crippen LogP contribution in [-0.2, 0) is 0 Å². The Hall–Kier alpha value is -1.03. The van der Waals surface area contributed by atoms with Crippen molar-refractivity contribution < 1.29 is 4.74 Å². The average Bonchev–Trinajstić information content (AvgIpc) is 2.41. The van der Waals surface area contributed by atoms with Gasteiger partial charge in [0.2, 0.25) is 0 Å². The van der Waals surface area contributed by atoms with E-state index in [2.05, 4.69) is 22.0 Å². The molecule has 1 unspecified atom stereocenters. The number of hydrogen-bond donors (Lipinski definition) is 1. The summed E-state index contributed by atoms with van der Waals surface area (Å²) in [6.07, 6.45) is 0. The van der Waals surface area contributed by atoms with Crippen molar-refractivity contribution in [2.24, 2.45) is 5.73 Å². The third-order valence-electron chi connectivity index (χ3n) is 3.07. The van der Waals surface area contributed by atoms with E-state index in [-0.39, 0.29) is 6.04 Å². The number of nitrogens with two attached hydrogens (primary N) is 1. The van der Waals surface area contributed by atoms with Gasteiger partial charge in [0.1, 0.15) is 5.75 Å². The zero-order chi connectivity index (χ0) is 14.0. The maximum atomic E-state index is 6.33. The minimum Gasteiger partial charge on any atom is -0.496 e. The second-order valence-electron chi connectivity index (χ2n) is 4.37. The first kappa shape index (κ1) is 14.4. The van der Waals surface area contributed by atoms with Crippen LogP contribution in [0.3, 0.4) is 0 Å². The summed E-state index contributed by atoms with van der Waals surface area (Å²) in [5, 5.41) is 0.653. The molecule has 0 fully saturated rings. The Morgan fingerprint density at radius 2 is 1.95 bits per heavy atom. The highest BCUT2D eigenvalue weighted by molar-refractivity contribution is 9.10. The van der Waals surface area contributed by atoms with Gasteiger partial charge in [-0.15, -0.1) is 0 Å². The lowest BCUT2D eigenvalue weighted by atomic mass is 9.97. The normalized spacial score (nSPS) is 12.3. The molecular formula is C15H15BrClNO. The van der Waals surface area contributed by atoms with Gasteiger partial charge in [0.25, 0.3) is 0 Å². The van der Waals surface area contributed by atoms with Crippen molar-refractivity contribution in [2.45, 2.75) is 13.0 Å². The van der Waals surface area contributed by atoms with Gasteiger partial charge in [-0.25, -0.2) is 0 Å². The van der Waals surface area contributed by atoms with Gasteiger partial charge >= 0.3 is 0 Å². The Kier molecular flexibility index (Phi) is 4.50. The molecule has 4 heteroatoms. The lowest BCUT2D eigenvalue weighted by Gasteiger charge is -2.17. The Morgan fingerprint density at radius 3 is 2.58 bits per heavy atom. The van der Waals surface area contributed by atoms with E-state index >= 15 is 0 Å². The largest absolute Gasteiger partial charge is 0.496 e. The number of hydrogen-bond acceptors (Lipinski definition) is 2. The van der Waals surface area contributed by atoms with Crippen LogP contribution in [0.25, 0.3) is 0 Å². The quantitative estimate of drug-likeness (QED) is 0.895. The van der Waals surface area contributed by atoms with Gasteiger partial charge in [-0.2, -0.15) is 0 Å². The van der Waals surface area contributed by atoms with Crippen LogP contribution in [0.5, 0.6) is 5.75 Å². The van der Waals surface area contributed by atoms with Crippen molar-refractivity contribution in [2.75, 3.05) is 7.11 Å². The molecular weight excluding hydrogens is 326 g/mol. The van der Waals surface area contributed by atoms with Gasteiger partial charge in [0.15, 0.2) is 0 Å². The number of halogens is 2. The predicted octanol–water partition coefficient (Wildman–Crippen LogP) is 4.47. The SMILES string of the molecule is COc1ccc(Cl)cc1C(N)c1ccc(Br)c(C)c1. The maximum Gasteiger partial charge on any atom is 0.124 e. The number of aryl methyl sites for hydroxylation is 1. The molecule has 1 atom stereocenters. The first-order chi connectivity index (χ1) is 9.02. The molecule has 0 amide bonds. The molecule has 0 bridgehead atoms. The van der Waals surface area contributed by atoms with E-state index in [9.17, 15) is 0 Å². The van der Waals surface area contributed by atoms with E-state index in [1.807, 2.05) is 31.2 Å². The fourth-order valence-corrected chi connectivity index (χ4v) is 2.42. The fraction of sp³-hybridized carbons (Fsp3) is 0.200. The molecule has 0 aliphatic heterocycles. The molecule has 0 heterocycles. The van der Waals surface area contributed by atoms with Crippen LogP contribution in [0.4, 0.5) is 0 Å². The van der Waals surface area contributed by atoms with Crippen LogP contribution < -0.4 is 10.5 Å². The van der Waals surface area contributed by atoms with Gasteiger partial charge in [0, 0.05) is 15.1 Å². The second kappa shape index (κ2) is 5.95. The first-order valence-electron chi connectivity index (χ1n) is 5.88. The molecule has 2 aromatic carbocycles. The zero-order valence-electron chi connectivity index (χ0n) is 10.8. The molecule has 19 heavy (non-hydrogen) atoms. The van der Waals surface area contributed by atoms with E-state index in [1.54, 1.807) is 13.2 Å². The lowest BCUT2D eigenvalue weighted by Crippen LogP contribution is -2.13. The number of rotatable bonds is 3. The van der Waals surface area contributed by atoms with Crippen LogP contribution in [0.1, 0.15) is 22.7 Å². The highest BCUT2D eigenvalue weighted by Gasteiger charge is 2.15. The lowest BCUT2D eigenvalue weighted by molar-refractivity contribution is 0.408. The van der Waals surface area contributed by atoms with Gasteiger partial charge < -0.3 is 10.5 Å². The van der Waals surface area contributed by atoms with Crippen LogP contribution in [0.2, 0.25) is 5.02 Å². The first-order valence-corrected chi connectivity index (χ1v) is 7.05. The zero-order valence-corrected chi connectivity index (χ0v) is 13.1. The Balaban J connectivity index is 2.45. The topological polar surface area (TPSA) is 35.2 Å². The van der Waals surface area contributed by atoms with Crippen LogP contribution in [-0.4, -0.2) is 7.11 Å². The summed E-state index contributed by atoms with van der Waals surface area (Å²) in [6.45, 7) is 2.04. The average molecular weight is 341 g/mol. The summed E-state index contributed by atoms with van der Waals surface area (Å²) in [5.74, 6) is 0.748. The highest BCUT2D eigenvalue weighted by atomic mass is 79.9. The van der Waals surface area contributed by atoms with Crippen molar-refractivity contribution in [1.29, 1.82) is 0 Å². The summed E-state index contributed by atoms with van der Waals surface area (Å²) in [4.78, 5) is 0. The van der Waals surface area contributed by atoms with Gasteiger partial charge in [0.05, 0.1) is 13.2 Å². The molecule has 0 saturated heterocycles. The molecule has 2 rings (SSSR count). The summed E-state index contributed by atoms with van der Waals surface area (Å²) in [7, 11) is 1.63. The summed E-state index contributed by atoms with van der Waals surface area (Å²) in [6, 6.07) is 11.3. The molecule has 2 aromatic rings. The van der Waals surface area contributed by atoms with Crippen LogP contribution in [0.15, 0.2) is 40.9 Å². The van der Waals surface area contributed by atoms with Gasteiger partial charge in [-0.3, -0.25) is 0 Å². The van der Waals surface area contributed by atoms with E-state index in [1.165, 1.54) is 0 Å². The molecule has 0 saturated carbocycles. The van der Waals surface area contributed by atoms with Gasteiger partial charge in [-0.1, -0.05) is 39.7 Å². The fourth-order valence-electron chi connectivity index (χ4n) is 1.99. The number of ether oxygens (including phenoxy) is 1. The van der Waals surface area contributed by atoms with E-state index in [0.717, 1.165) is 26.9 Å². The van der Waals surface area contributed by atoms with Crippen molar-refractivity contribution in [1.82, 2.24) is 0 Å². The standard InChI is InChI=1S/C15H15BrClNO/c1-9-7-10(3-5-13(9)16)15(18)12-8-11(17)4-6-14(12)19-2/h3-8,15H,18H2,1-2H3. The molecule has 100 valence electrons. The molecule has 2 nitrogen and oxygen atoms in total. The molecule has 0 aliphatic rings. The smallest absolute Gasteiger partial charge is 0.124 e. The van der Waals surface area contributed by atoms with Crippen molar-refractivity contribution in [3.63, 3.8) is 0 Å². The highest BCUT2D eigenvalue weighted by Crippen LogP contribution is 2.32. The summed E-state index contributed by atoms with van der Waals surface area (Å²) >= 11 is 9.53. The monoisotopic (exact) mass is 339 g/mol. The van der Waals surface area contributed by atoms with E-state index in [0.29, 0.717) is 5.02 Å². The Labute approximate surface area is 126 Å². The Bertz CT molecular complexity index is 601. The molecule has 0 aliphatic carbocycles. The minimum atomic E-state index is -0.263. The third-order valence-corrected chi connectivity index (χ3v) is 4.19. The minimum absolute atomic E-state index is 0.263. The number of methoxy groups -OCH3 is 1. The van der Waals surface area contributed by atoms with Crippen molar-refractivity contribution in [3.8, 4) is 5.75 Å². The molecule has 0 aromatic heterocycles. The second-order valence-corrected chi connectivity index (χ2v) is 5.66. The number of benzene rings is 2. The molecule has 2 N–H and O–H groups in total. The van der Waals surface area contributed by atoms with Gasteiger partial charge in [-0.05, 0) is 42.3 Å². The van der Waals surface area contributed by atoms with Crippen molar-refractivity contribution >= 4 is 27.5 Å². The molecule has 0 spiro atoms. The van der Waals surface area contributed by atoms with Crippen molar-refractivity contribution in [3.05, 3.63) is 62.6 Å². The predicted molar refractivity (Wildman–Crippen MR) is 82.9 cm³/mol. The third kappa shape index (κ3) is 3.11. The summed E-state index contributed by atoms with van der Waals surface area (Å²) in [5.41, 5.74) is 9.39. The van der Waals surface area contributed by atoms with Crippen LogP contribution in [0, 0.1) is 6.92 Å². The molecule has 0 radical (unpaired) electrons. The van der Waals surface area contributed by atoms with Crippen LogP contribution >= 0.6 is 27.5 Å². The Morgan fingerprint density at radius 1 is 1.21 bits per heavy atom. The summed E-state index contributed by atoms with van der Waals surface area (Å²) < 4.78 is 6.42. The maximum absolute atomic E-state index is 6.33.